The van der Waals surface area contributed by atoms with Gasteiger partial charge in [-0.25, -0.2) is 4.79 Å². The number of fused-ring (bicyclic) bond motifs is 1. The number of urea groups is 1. The number of aryl methyl sites for hydroxylation is 2. The fourth-order valence-corrected chi connectivity index (χ4v) is 3.22. The highest BCUT2D eigenvalue weighted by molar-refractivity contribution is 6.31. The van der Waals surface area contributed by atoms with E-state index in [-0.39, 0.29) is 11.8 Å². The summed E-state index contributed by atoms with van der Waals surface area (Å²) < 4.78 is 10.7. The molecule has 29 heavy (non-hydrogen) atoms. The Kier molecular flexibility index (Phi) is 4.98. The summed E-state index contributed by atoms with van der Waals surface area (Å²) in [5.41, 5.74) is 2.14. The monoisotopic (exact) mass is 415 g/mol. The molecule has 2 aliphatic heterocycles. The summed E-state index contributed by atoms with van der Waals surface area (Å²) in [6, 6.07) is 6.40. The lowest BCUT2D eigenvalue weighted by Crippen LogP contribution is -2.32. The van der Waals surface area contributed by atoms with Crippen LogP contribution in [0.1, 0.15) is 17.0 Å². The van der Waals surface area contributed by atoms with Crippen molar-refractivity contribution < 1.29 is 18.8 Å². The van der Waals surface area contributed by atoms with Crippen LogP contribution in [0.15, 0.2) is 45.7 Å². The number of hydrogen-bond donors (Lipinski definition) is 1. The predicted molar refractivity (Wildman–Crippen MR) is 105 cm³/mol. The van der Waals surface area contributed by atoms with Gasteiger partial charge in [0.25, 0.3) is 5.91 Å². The molecule has 10 heteroatoms. The topological polar surface area (TPSA) is 100 Å². The van der Waals surface area contributed by atoms with Crippen molar-refractivity contribution in [1.29, 1.82) is 0 Å². The number of anilines is 1. The quantitative estimate of drug-likeness (QED) is 0.823. The zero-order valence-corrected chi connectivity index (χ0v) is 16.6. The van der Waals surface area contributed by atoms with Gasteiger partial charge < -0.3 is 19.5 Å². The van der Waals surface area contributed by atoms with Crippen molar-refractivity contribution in [2.45, 2.75) is 20.4 Å². The molecule has 0 saturated heterocycles. The summed E-state index contributed by atoms with van der Waals surface area (Å²) in [5, 5.41) is 7.12. The standard InChI is InChI=1S/C19H18ClN5O4/c1-11-15(12(2)29-23-11)9-24-6-7-25-10-16(28-19(25)22-18(24)27)17(26)21-14-5-3-4-13(20)8-14/h3-5,8,10H,6-7,9H2,1-2H3,(H,21,26). The van der Waals surface area contributed by atoms with Crippen LogP contribution in [-0.4, -0.2) is 46.0 Å². The van der Waals surface area contributed by atoms with E-state index in [1.54, 1.807) is 41.0 Å². The van der Waals surface area contributed by atoms with Gasteiger partial charge in [-0.1, -0.05) is 22.8 Å². The predicted octanol–water partition coefficient (Wildman–Crippen LogP) is 3.05. The Morgan fingerprint density at radius 3 is 2.86 bits per heavy atom. The molecule has 2 aliphatic rings. The first-order chi connectivity index (χ1) is 13.9. The first-order valence-corrected chi connectivity index (χ1v) is 9.31. The zero-order valence-electron chi connectivity index (χ0n) is 15.8. The molecular weight excluding hydrogens is 398 g/mol. The van der Waals surface area contributed by atoms with Gasteiger partial charge in [-0.05, 0) is 32.0 Å². The van der Waals surface area contributed by atoms with Crippen LogP contribution in [0.3, 0.4) is 0 Å². The molecular formula is C19H18ClN5O4. The fraction of sp³-hybridized carbons (Fsp3) is 0.263. The number of aromatic nitrogens is 1. The average Bonchev–Trinajstić information content (AvgIpc) is 3.18. The second kappa shape index (κ2) is 7.59. The summed E-state index contributed by atoms with van der Waals surface area (Å²) in [5.74, 6) is 0.266. The number of nitrogens with one attached hydrogen (secondary N) is 1. The molecule has 0 aliphatic carbocycles. The second-order valence-electron chi connectivity index (χ2n) is 6.65. The van der Waals surface area contributed by atoms with E-state index in [9.17, 15) is 9.59 Å². The number of hydrogen-bond acceptors (Lipinski definition) is 6. The number of rotatable bonds is 4. The van der Waals surface area contributed by atoms with Crippen LogP contribution in [-0.2, 0) is 16.1 Å². The maximum atomic E-state index is 12.6. The molecule has 1 aromatic carbocycles. The van der Waals surface area contributed by atoms with Gasteiger partial charge in [0.1, 0.15) is 5.76 Å². The van der Waals surface area contributed by atoms with Crippen molar-refractivity contribution in [1.82, 2.24) is 15.0 Å². The van der Waals surface area contributed by atoms with Gasteiger partial charge in [-0.3, -0.25) is 9.69 Å². The maximum Gasteiger partial charge on any atom is 0.348 e. The van der Waals surface area contributed by atoms with Crippen LogP contribution in [0, 0.1) is 13.8 Å². The molecule has 0 spiro atoms. The van der Waals surface area contributed by atoms with Crippen molar-refractivity contribution in [3.8, 4) is 0 Å². The zero-order chi connectivity index (χ0) is 20.5. The number of ether oxygens (including phenoxy) is 1. The third kappa shape index (κ3) is 3.95. The highest BCUT2D eigenvalue weighted by Crippen LogP contribution is 2.22. The number of carbonyl (C=O) groups excluding carboxylic acids is 2. The van der Waals surface area contributed by atoms with E-state index in [1.807, 2.05) is 6.92 Å². The van der Waals surface area contributed by atoms with Crippen LogP contribution >= 0.6 is 11.6 Å². The van der Waals surface area contributed by atoms with E-state index < -0.39 is 11.9 Å². The molecule has 0 atom stereocenters. The summed E-state index contributed by atoms with van der Waals surface area (Å²) in [6.07, 6.45) is 1.53. The lowest BCUT2D eigenvalue weighted by molar-refractivity contribution is -0.114. The van der Waals surface area contributed by atoms with Crippen molar-refractivity contribution >= 4 is 35.2 Å². The Hall–Kier alpha value is -3.33. The molecule has 0 fully saturated rings. The first kappa shape index (κ1) is 19.0. The van der Waals surface area contributed by atoms with Gasteiger partial charge in [0, 0.05) is 29.4 Å². The van der Waals surface area contributed by atoms with Crippen molar-refractivity contribution in [3.05, 3.63) is 58.3 Å². The summed E-state index contributed by atoms with van der Waals surface area (Å²) >= 11 is 5.93. The van der Waals surface area contributed by atoms with Gasteiger partial charge in [-0.15, -0.1) is 4.99 Å². The van der Waals surface area contributed by atoms with Crippen LogP contribution in [0.4, 0.5) is 10.5 Å². The van der Waals surface area contributed by atoms with E-state index in [1.165, 1.54) is 6.20 Å². The van der Waals surface area contributed by atoms with Crippen molar-refractivity contribution in [3.63, 3.8) is 0 Å². The lowest BCUT2D eigenvalue weighted by atomic mass is 10.2. The van der Waals surface area contributed by atoms with E-state index in [0.29, 0.717) is 36.1 Å². The molecule has 3 amide bonds. The molecule has 150 valence electrons. The van der Waals surface area contributed by atoms with E-state index >= 15 is 0 Å². The summed E-state index contributed by atoms with van der Waals surface area (Å²) in [7, 11) is 0. The molecule has 0 saturated carbocycles. The largest absolute Gasteiger partial charge is 0.418 e. The van der Waals surface area contributed by atoms with Crippen molar-refractivity contribution in [2.75, 3.05) is 18.4 Å². The molecule has 1 N–H and O–H groups in total. The molecule has 2 aromatic rings. The van der Waals surface area contributed by atoms with E-state index in [2.05, 4.69) is 15.5 Å². The number of nitrogens with zero attached hydrogens (tertiary/aromatic N) is 4. The van der Waals surface area contributed by atoms with Gasteiger partial charge >= 0.3 is 12.1 Å². The Labute approximate surface area is 171 Å². The fourth-order valence-electron chi connectivity index (χ4n) is 3.03. The normalized spacial score (nSPS) is 16.0. The summed E-state index contributed by atoms with van der Waals surface area (Å²) in [4.78, 5) is 32.2. The Morgan fingerprint density at radius 2 is 2.14 bits per heavy atom. The minimum Gasteiger partial charge on any atom is -0.418 e. The van der Waals surface area contributed by atoms with Gasteiger partial charge in [0.05, 0.1) is 18.4 Å². The Morgan fingerprint density at radius 1 is 1.31 bits per heavy atom. The Balaban J connectivity index is 1.44. The van der Waals surface area contributed by atoms with Crippen LogP contribution in [0.5, 0.6) is 0 Å². The molecule has 0 unspecified atom stereocenters. The van der Waals surface area contributed by atoms with E-state index in [4.69, 9.17) is 20.9 Å². The first-order valence-electron chi connectivity index (χ1n) is 8.93. The molecule has 3 heterocycles. The second-order valence-corrected chi connectivity index (χ2v) is 7.09. The number of aliphatic imine (C=N–C) groups is 1. The van der Waals surface area contributed by atoms with Gasteiger partial charge in [0.2, 0.25) is 5.76 Å². The molecule has 9 nitrogen and oxygen atoms in total. The van der Waals surface area contributed by atoms with Crippen LogP contribution < -0.4 is 5.32 Å². The smallest absolute Gasteiger partial charge is 0.348 e. The number of halogens is 1. The van der Waals surface area contributed by atoms with Crippen molar-refractivity contribution in [2.24, 2.45) is 4.99 Å². The van der Waals surface area contributed by atoms with Gasteiger partial charge in [0.15, 0.2) is 0 Å². The molecule has 1 aromatic heterocycles. The third-order valence-corrected chi connectivity index (χ3v) is 4.86. The Bertz CT molecular complexity index is 1030. The molecule has 0 radical (unpaired) electrons. The van der Waals surface area contributed by atoms with E-state index in [0.717, 1.165) is 11.3 Å². The highest BCUT2D eigenvalue weighted by atomic mass is 35.5. The number of carbonyl (C=O) groups is 2. The minimum absolute atomic E-state index is 0.0516. The third-order valence-electron chi connectivity index (χ3n) is 4.63. The van der Waals surface area contributed by atoms with Crippen LogP contribution in [0.25, 0.3) is 0 Å². The maximum absolute atomic E-state index is 12.6. The minimum atomic E-state index is -0.455. The molecule has 0 bridgehead atoms. The SMILES string of the molecule is Cc1noc(C)c1CN1CCN2C=C(C(=O)Nc3cccc(Cl)c3)OC2=NC1=O. The molecule has 4 rings (SSSR count). The number of amidine groups is 1. The average molecular weight is 416 g/mol. The number of amides is 3. The van der Waals surface area contributed by atoms with Gasteiger partial charge in [-0.2, -0.15) is 0 Å². The lowest BCUT2D eigenvalue weighted by Gasteiger charge is -2.19. The highest BCUT2D eigenvalue weighted by Gasteiger charge is 2.32. The summed E-state index contributed by atoms with van der Waals surface area (Å²) in [6.45, 7) is 4.81. The van der Waals surface area contributed by atoms with Crippen LogP contribution in [0.2, 0.25) is 5.02 Å². The number of benzene rings is 1.